The fourth-order valence-corrected chi connectivity index (χ4v) is 5.12. The number of halogens is 1. The third-order valence-electron chi connectivity index (χ3n) is 6.99. The van der Waals surface area contributed by atoms with Crippen LogP contribution in [0, 0.1) is 5.92 Å². The Morgan fingerprint density at radius 3 is 2.63 bits per heavy atom. The fraction of sp³-hybridized carbons (Fsp3) is 0.407. The van der Waals surface area contributed by atoms with E-state index in [4.69, 9.17) is 9.15 Å². The van der Waals surface area contributed by atoms with Crippen molar-refractivity contribution in [2.75, 3.05) is 39.9 Å². The van der Waals surface area contributed by atoms with Crippen LogP contribution in [0.4, 0.5) is 0 Å². The van der Waals surface area contributed by atoms with Crippen LogP contribution in [0.25, 0.3) is 22.1 Å². The number of furan rings is 1. The predicted molar refractivity (Wildman–Crippen MR) is 138 cm³/mol. The number of methoxy groups -OCH3 is 1. The maximum atomic E-state index is 13.0. The van der Waals surface area contributed by atoms with Crippen LogP contribution < -0.4 is 10.6 Å². The third kappa shape index (κ3) is 5.53. The first-order chi connectivity index (χ1) is 16.6. The van der Waals surface area contributed by atoms with Gasteiger partial charge in [-0.1, -0.05) is 30.3 Å². The molecule has 0 aliphatic carbocycles. The number of amides is 2. The van der Waals surface area contributed by atoms with Crippen molar-refractivity contribution in [2.24, 2.45) is 5.92 Å². The summed E-state index contributed by atoms with van der Waals surface area (Å²) < 4.78 is 11.1. The van der Waals surface area contributed by atoms with Gasteiger partial charge >= 0.3 is 0 Å². The van der Waals surface area contributed by atoms with Crippen molar-refractivity contribution in [2.45, 2.75) is 25.3 Å². The Kier molecular flexibility index (Phi) is 8.11. The first-order valence-electron chi connectivity index (χ1n) is 12.1. The monoisotopic (exact) mass is 497 g/mol. The number of rotatable bonds is 8. The number of nitrogens with zero attached hydrogens (tertiary/aromatic N) is 1. The highest BCUT2D eigenvalue weighted by molar-refractivity contribution is 6.01. The molecule has 2 aromatic carbocycles. The van der Waals surface area contributed by atoms with Crippen molar-refractivity contribution in [3.05, 3.63) is 59.9 Å². The van der Waals surface area contributed by atoms with Gasteiger partial charge in [0, 0.05) is 49.4 Å². The number of piperidine rings is 3. The van der Waals surface area contributed by atoms with Gasteiger partial charge in [-0.25, -0.2) is 0 Å². The summed E-state index contributed by atoms with van der Waals surface area (Å²) in [4.78, 5) is 28.0. The lowest BCUT2D eigenvalue weighted by Crippen LogP contribution is -2.57. The second-order valence-corrected chi connectivity index (χ2v) is 9.24. The van der Waals surface area contributed by atoms with Crippen molar-refractivity contribution in [3.8, 4) is 11.1 Å². The van der Waals surface area contributed by atoms with Crippen LogP contribution in [0.5, 0.6) is 0 Å². The number of hydrogen-bond acceptors (Lipinski definition) is 5. The Bertz CT molecular complexity index is 1190. The molecule has 4 heterocycles. The largest absolute Gasteiger partial charge is 0.450 e. The van der Waals surface area contributed by atoms with Crippen molar-refractivity contribution in [1.29, 1.82) is 0 Å². The summed E-state index contributed by atoms with van der Waals surface area (Å²) in [6, 6.07) is 15.3. The Morgan fingerprint density at radius 1 is 1.09 bits per heavy atom. The van der Waals surface area contributed by atoms with Gasteiger partial charge in [0.1, 0.15) is 5.58 Å². The minimum absolute atomic E-state index is 0. The molecule has 0 unspecified atom stereocenters. The Balaban J connectivity index is 0.00000289. The standard InChI is InChI=1S/C27H31N3O4.ClH/c1-33-14-4-11-28-26(31)21-7-2-5-19(15-21)22-8-3-6-20-16-24(34-25(20)22)27(32)29-23-17-30-12-9-18(23)10-13-30;/h2-3,5-8,15-16,18,23H,4,9-14,17H2,1H3,(H,28,31)(H,29,32);1H/t23-;/m1./s1. The molecule has 1 atom stereocenters. The summed E-state index contributed by atoms with van der Waals surface area (Å²) >= 11 is 0. The molecule has 0 radical (unpaired) electrons. The molecule has 2 N–H and O–H groups in total. The average Bonchev–Trinajstić information content (AvgIpc) is 3.32. The number of nitrogens with one attached hydrogen (secondary N) is 2. The second kappa shape index (κ2) is 11.2. The average molecular weight is 498 g/mol. The fourth-order valence-electron chi connectivity index (χ4n) is 5.12. The van der Waals surface area contributed by atoms with E-state index in [1.165, 1.54) is 0 Å². The Morgan fingerprint density at radius 2 is 1.89 bits per heavy atom. The van der Waals surface area contributed by atoms with Gasteiger partial charge in [0.15, 0.2) is 5.76 Å². The van der Waals surface area contributed by atoms with Crippen LogP contribution in [-0.4, -0.2) is 62.7 Å². The quantitative estimate of drug-likeness (QED) is 0.457. The number of benzene rings is 2. The molecule has 0 saturated carbocycles. The molecular weight excluding hydrogens is 466 g/mol. The molecule has 1 aromatic heterocycles. The number of fused-ring (bicyclic) bond motifs is 4. The van der Waals surface area contributed by atoms with E-state index in [0.29, 0.717) is 36.0 Å². The molecule has 3 aliphatic heterocycles. The van der Waals surface area contributed by atoms with Gasteiger partial charge in [-0.3, -0.25) is 9.59 Å². The molecule has 8 heteroatoms. The van der Waals surface area contributed by atoms with Gasteiger partial charge in [0.2, 0.25) is 0 Å². The Labute approximate surface area is 211 Å². The molecule has 6 rings (SSSR count). The van der Waals surface area contributed by atoms with Gasteiger partial charge in [-0.05, 0) is 62.0 Å². The van der Waals surface area contributed by atoms with Crippen molar-refractivity contribution >= 4 is 35.2 Å². The zero-order valence-corrected chi connectivity index (χ0v) is 20.7. The van der Waals surface area contributed by atoms with E-state index < -0.39 is 0 Å². The van der Waals surface area contributed by atoms with Gasteiger partial charge < -0.3 is 24.7 Å². The third-order valence-corrected chi connectivity index (χ3v) is 6.99. The lowest BCUT2D eigenvalue weighted by atomic mass is 9.84. The molecule has 7 nitrogen and oxygen atoms in total. The summed E-state index contributed by atoms with van der Waals surface area (Å²) in [6.07, 6.45) is 3.05. The van der Waals surface area contributed by atoms with Crippen LogP contribution >= 0.6 is 12.4 Å². The van der Waals surface area contributed by atoms with E-state index in [1.54, 1.807) is 13.2 Å². The molecule has 3 fully saturated rings. The van der Waals surface area contributed by atoms with E-state index in [0.717, 1.165) is 55.4 Å². The number of hydrogen-bond donors (Lipinski definition) is 2. The second-order valence-electron chi connectivity index (χ2n) is 9.24. The van der Waals surface area contributed by atoms with E-state index in [9.17, 15) is 9.59 Å². The normalized spacial score (nSPS) is 20.9. The van der Waals surface area contributed by atoms with Gasteiger partial charge in [0.05, 0.1) is 0 Å². The highest BCUT2D eigenvalue weighted by atomic mass is 35.5. The SMILES string of the molecule is COCCCNC(=O)c1cccc(-c2cccc3cc(C(=O)N[C@@H]4CN5CCC4CC5)oc23)c1.Cl. The first kappa shape index (κ1) is 25.2. The van der Waals surface area contributed by atoms with Gasteiger partial charge in [0.25, 0.3) is 11.8 Å². The summed E-state index contributed by atoms with van der Waals surface area (Å²) in [5, 5.41) is 6.99. The summed E-state index contributed by atoms with van der Waals surface area (Å²) in [5.41, 5.74) is 2.96. The van der Waals surface area contributed by atoms with Crippen molar-refractivity contribution in [1.82, 2.24) is 15.5 Å². The highest BCUT2D eigenvalue weighted by Gasteiger charge is 2.35. The Hall–Kier alpha value is -2.87. The molecular formula is C27H32ClN3O4. The molecule has 2 amide bonds. The number of para-hydroxylation sites is 1. The van der Waals surface area contributed by atoms with Gasteiger partial charge in [-0.2, -0.15) is 0 Å². The van der Waals surface area contributed by atoms with Crippen LogP contribution in [0.2, 0.25) is 0 Å². The minimum atomic E-state index is -0.162. The van der Waals surface area contributed by atoms with Crippen molar-refractivity contribution in [3.63, 3.8) is 0 Å². The highest BCUT2D eigenvalue weighted by Crippen LogP contribution is 2.32. The molecule has 3 aromatic rings. The topological polar surface area (TPSA) is 83.8 Å². The minimum Gasteiger partial charge on any atom is -0.450 e. The first-order valence-corrected chi connectivity index (χ1v) is 12.1. The summed E-state index contributed by atoms with van der Waals surface area (Å²) in [5.74, 6) is 0.593. The molecule has 3 aliphatic rings. The van der Waals surface area contributed by atoms with Crippen LogP contribution in [-0.2, 0) is 4.74 Å². The lowest BCUT2D eigenvalue weighted by Gasteiger charge is -2.44. The zero-order valence-electron chi connectivity index (χ0n) is 19.9. The number of carbonyl (C=O) groups is 2. The van der Waals surface area contributed by atoms with E-state index in [1.807, 2.05) is 42.5 Å². The number of carbonyl (C=O) groups excluding carboxylic acids is 2. The van der Waals surface area contributed by atoms with Gasteiger partial charge in [-0.15, -0.1) is 12.4 Å². The van der Waals surface area contributed by atoms with E-state index >= 15 is 0 Å². The molecule has 0 spiro atoms. The van der Waals surface area contributed by atoms with Crippen LogP contribution in [0.3, 0.4) is 0 Å². The molecule has 2 bridgehead atoms. The lowest BCUT2D eigenvalue weighted by molar-refractivity contribution is 0.0607. The maximum absolute atomic E-state index is 13.0. The smallest absolute Gasteiger partial charge is 0.287 e. The van der Waals surface area contributed by atoms with E-state index in [-0.39, 0.29) is 30.3 Å². The van der Waals surface area contributed by atoms with Crippen molar-refractivity contribution < 1.29 is 18.7 Å². The van der Waals surface area contributed by atoms with Crippen LogP contribution in [0.15, 0.2) is 52.9 Å². The molecule has 35 heavy (non-hydrogen) atoms. The van der Waals surface area contributed by atoms with E-state index in [2.05, 4.69) is 15.5 Å². The zero-order chi connectivity index (χ0) is 23.5. The maximum Gasteiger partial charge on any atom is 0.287 e. The summed E-state index contributed by atoms with van der Waals surface area (Å²) in [7, 11) is 1.65. The molecule has 186 valence electrons. The number of ether oxygens (including phenoxy) is 1. The summed E-state index contributed by atoms with van der Waals surface area (Å²) in [6.45, 7) is 4.35. The van der Waals surface area contributed by atoms with Crippen LogP contribution in [0.1, 0.15) is 40.2 Å². The predicted octanol–water partition coefficient (Wildman–Crippen LogP) is 4.11. The molecule has 3 saturated heterocycles.